The molecule has 0 aliphatic heterocycles. The normalized spacial score (nSPS) is 12.2. The Morgan fingerprint density at radius 1 is 1.14 bits per heavy atom. The lowest BCUT2D eigenvalue weighted by Gasteiger charge is -2.11. The largest absolute Gasteiger partial charge is 0.375 e. The molecule has 0 saturated heterocycles. The summed E-state index contributed by atoms with van der Waals surface area (Å²) in [6.45, 7) is 0. The van der Waals surface area contributed by atoms with Gasteiger partial charge in [-0.05, 0) is 36.4 Å². The molecule has 1 aromatic heterocycles. The minimum atomic E-state index is -3.70. The lowest BCUT2D eigenvalue weighted by Crippen LogP contribution is -2.22. The average Bonchev–Trinajstić information content (AvgIpc) is 3.03. The number of hydrogen-bond acceptors (Lipinski definition) is 7. The highest BCUT2D eigenvalue weighted by Crippen LogP contribution is 2.40. The summed E-state index contributed by atoms with van der Waals surface area (Å²) in [7, 11) is -0.917. The Morgan fingerprint density at radius 3 is 2.55 bits per heavy atom. The molecule has 3 rings (SSSR count). The van der Waals surface area contributed by atoms with Crippen molar-refractivity contribution < 1.29 is 17.2 Å². The van der Waals surface area contributed by atoms with Crippen LogP contribution in [-0.4, -0.2) is 31.8 Å². The molecular weight excluding hydrogens is 444 g/mol. The van der Waals surface area contributed by atoms with Crippen molar-refractivity contribution in [1.82, 2.24) is 9.29 Å². The van der Waals surface area contributed by atoms with Crippen LogP contribution < -0.4 is 5.73 Å². The third-order valence-corrected chi connectivity index (χ3v) is 6.65. The molecule has 0 atom stereocenters. The van der Waals surface area contributed by atoms with Crippen molar-refractivity contribution in [3.8, 4) is 11.3 Å². The fourth-order valence-corrected chi connectivity index (χ4v) is 4.04. The molecule has 0 saturated carbocycles. The molecule has 0 spiro atoms. The van der Waals surface area contributed by atoms with E-state index in [-0.39, 0.29) is 37.0 Å². The lowest BCUT2D eigenvalue weighted by molar-refractivity contribution is 0.521. The summed E-state index contributed by atoms with van der Waals surface area (Å²) >= 11 is 7.00. The van der Waals surface area contributed by atoms with Crippen LogP contribution in [0.3, 0.4) is 0 Å². The quantitative estimate of drug-likeness (QED) is 0.545. The van der Waals surface area contributed by atoms with Gasteiger partial charge in [0.2, 0.25) is 10.0 Å². The molecule has 1 heterocycles. The maximum absolute atomic E-state index is 14.1. The fraction of sp³-hybridized carbons (Fsp3) is 0.118. The number of halogens is 3. The van der Waals surface area contributed by atoms with E-state index in [1.54, 1.807) is 0 Å². The molecule has 3 aromatic rings. The predicted octanol–water partition coefficient (Wildman–Crippen LogP) is 4.99. The first-order valence-electron chi connectivity index (χ1n) is 7.95. The average molecular weight is 458 g/mol. The van der Waals surface area contributed by atoms with E-state index in [1.807, 2.05) is 0 Å². The number of rotatable bonds is 5. The van der Waals surface area contributed by atoms with Crippen molar-refractivity contribution in [1.29, 1.82) is 0 Å². The van der Waals surface area contributed by atoms with Crippen molar-refractivity contribution in [3.63, 3.8) is 0 Å². The van der Waals surface area contributed by atoms with Crippen molar-refractivity contribution in [2.75, 3.05) is 19.8 Å². The second kappa shape index (κ2) is 8.11. The van der Waals surface area contributed by atoms with Gasteiger partial charge in [-0.15, -0.1) is 10.2 Å². The number of thiazole rings is 1. The first kappa shape index (κ1) is 21.2. The van der Waals surface area contributed by atoms with Gasteiger partial charge in [0.05, 0.1) is 9.92 Å². The summed E-state index contributed by atoms with van der Waals surface area (Å²) < 4.78 is 53.3. The molecule has 0 bridgehead atoms. The number of nitrogen functional groups attached to an aromatic ring is 1. The van der Waals surface area contributed by atoms with Gasteiger partial charge < -0.3 is 5.73 Å². The van der Waals surface area contributed by atoms with Crippen LogP contribution in [0, 0.1) is 11.6 Å². The molecule has 0 aliphatic carbocycles. The molecular formula is C17H14ClF2N5O2S2. The molecule has 29 heavy (non-hydrogen) atoms. The molecule has 0 aliphatic rings. The number of benzene rings is 2. The van der Waals surface area contributed by atoms with Crippen molar-refractivity contribution in [3.05, 3.63) is 53.1 Å². The summed E-state index contributed by atoms with van der Waals surface area (Å²) in [6, 6.07) is 6.89. The maximum Gasteiger partial charge on any atom is 0.242 e. The number of azo groups is 1. The second-order valence-electron chi connectivity index (χ2n) is 5.93. The SMILES string of the molecule is CN(C)S(=O)(=O)c1ccc(Cl)c(N=Nc2sc(N)nc2-c2cc(F)ccc2F)c1. The number of hydrogen-bond donors (Lipinski definition) is 1. The van der Waals surface area contributed by atoms with Crippen molar-refractivity contribution in [2.45, 2.75) is 4.90 Å². The van der Waals surface area contributed by atoms with Gasteiger partial charge in [-0.1, -0.05) is 22.9 Å². The molecule has 0 amide bonds. The van der Waals surface area contributed by atoms with Crippen LogP contribution in [0.4, 0.5) is 24.6 Å². The van der Waals surface area contributed by atoms with Crippen LogP contribution in [0.5, 0.6) is 0 Å². The highest BCUT2D eigenvalue weighted by atomic mass is 35.5. The van der Waals surface area contributed by atoms with Gasteiger partial charge in [0.1, 0.15) is 23.0 Å². The van der Waals surface area contributed by atoms with Crippen molar-refractivity contribution >= 4 is 48.8 Å². The minimum absolute atomic E-state index is 0.0152. The van der Waals surface area contributed by atoms with Crippen LogP contribution in [-0.2, 0) is 10.0 Å². The van der Waals surface area contributed by atoms with Gasteiger partial charge in [0.25, 0.3) is 0 Å². The number of sulfonamides is 1. The Labute approximate surface area is 174 Å². The van der Waals surface area contributed by atoms with Gasteiger partial charge in [0.15, 0.2) is 10.1 Å². The lowest BCUT2D eigenvalue weighted by atomic mass is 10.1. The van der Waals surface area contributed by atoms with E-state index in [2.05, 4.69) is 15.2 Å². The Morgan fingerprint density at radius 2 is 1.86 bits per heavy atom. The summed E-state index contributed by atoms with van der Waals surface area (Å²) in [4.78, 5) is 3.97. The van der Waals surface area contributed by atoms with Crippen LogP contribution in [0.2, 0.25) is 5.02 Å². The van der Waals surface area contributed by atoms with Gasteiger partial charge in [-0.25, -0.2) is 26.5 Å². The third kappa shape index (κ3) is 4.42. The smallest absolute Gasteiger partial charge is 0.242 e. The Hall–Kier alpha value is -2.47. The second-order valence-corrected chi connectivity index (χ2v) is 9.50. The standard InChI is InChI=1S/C17H14ClF2N5O2S2/c1-25(2)29(26,27)10-4-5-12(18)14(8-10)23-24-16-15(22-17(21)28-16)11-7-9(19)3-6-13(11)20/h3-8H,1-2H3,(H2,21,22). The van der Waals surface area contributed by atoms with E-state index < -0.39 is 21.7 Å². The summed E-state index contributed by atoms with van der Waals surface area (Å²) in [5.41, 5.74) is 5.67. The topological polar surface area (TPSA) is 101 Å². The first-order chi connectivity index (χ1) is 13.6. The molecule has 2 aromatic carbocycles. The van der Waals surface area contributed by atoms with Crippen molar-refractivity contribution in [2.24, 2.45) is 10.2 Å². The van der Waals surface area contributed by atoms with Crippen LogP contribution >= 0.6 is 22.9 Å². The van der Waals surface area contributed by atoms with Crippen LogP contribution in [0.1, 0.15) is 0 Å². The Kier molecular flexibility index (Phi) is 5.94. The van der Waals surface area contributed by atoms with E-state index in [1.165, 1.54) is 32.3 Å². The number of nitrogens with two attached hydrogens (primary N) is 1. The highest BCUT2D eigenvalue weighted by Gasteiger charge is 2.19. The zero-order valence-electron chi connectivity index (χ0n) is 15.1. The molecule has 12 heteroatoms. The molecule has 0 unspecified atom stereocenters. The third-order valence-electron chi connectivity index (χ3n) is 3.75. The number of nitrogens with zero attached hydrogens (tertiary/aromatic N) is 4. The first-order valence-corrected chi connectivity index (χ1v) is 10.6. The zero-order valence-corrected chi connectivity index (χ0v) is 17.5. The van der Waals surface area contributed by atoms with Crippen LogP contribution in [0.25, 0.3) is 11.3 Å². The van der Waals surface area contributed by atoms with E-state index in [9.17, 15) is 17.2 Å². The molecule has 152 valence electrons. The fourth-order valence-electron chi connectivity index (χ4n) is 2.29. The minimum Gasteiger partial charge on any atom is -0.375 e. The summed E-state index contributed by atoms with van der Waals surface area (Å²) in [6.07, 6.45) is 0. The van der Waals surface area contributed by atoms with Gasteiger partial charge >= 0.3 is 0 Å². The molecule has 2 N–H and O–H groups in total. The summed E-state index contributed by atoms with van der Waals surface area (Å²) in [5.74, 6) is -1.36. The molecule has 0 radical (unpaired) electrons. The highest BCUT2D eigenvalue weighted by molar-refractivity contribution is 7.89. The monoisotopic (exact) mass is 457 g/mol. The predicted molar refractivity (Wildman–Crippen MR) is 108 cm³/mol. The summed E-state index contributed by atoms with van der Waals surface area (Å²) in [5, 5.41) is 8.31. The van der Waals surface area contributed by atoms with Gasteiger partial charge in [-0.2, -0.15) is 0 Å². The van der Waals surface area contributed by atoms with E-state index in [0.717, 1.165) is 33.8 Å². The van der Waals surface area contributed by atoms with E-state index >= 15 is 0 Å². The van der Waals surface area contributed by atoms with E-state index in [0.29, 0.717) is 0 Å². The molecule has 0 fully saturated rings. The van der Waals surface area contributed by atoms with Crippen LogP contribution in [0.15, 0.2) is 51.5 Å². The zero-order chi connectivity index (χ0) is 21.3. The number of aromatic nitrogens is 1. The van der Waals surface area contributed by atoms with E-state index in [4.69, 9.17) is 17.3 Å². The molecule has 7 nitrogen and oxygen atoms in total. The Bertz CT molecular complexity index is 1210. The Balaban J connectivity index is 2.05. The van der Waals surface area contributed by atoms with Gasteiger partial charge in [0, 0.05) is 19.7 Å². The van der Waals surface area contributed by atoms with Gasteiger partial charge in [-0.3, -0.25) is 0 Å². The number of anilines is 1. The maximum atomic E-state index is 14.1.